The number of hydrogen-bond donors (Lipinski definition) is 2. The second-order valence-electron chi connectivity index (χ2n) is 4.27. The molecule has 0 spiro atoms. The first-order chi connectivity index (χ1) is 6.94. The zero-order valence-electron chi connectivity index (χ0n) is 8.59. The number of hydrogen-bond acceptors (Lipinski definition) is 5. The molecule has 2 rings (SSSR count). The van der Waals surface area contributed by atoms with Gasteiger partial charge in [0.2, 0.25) is 6.36 Å². The van der Waals surface area contributed by atoms with Gasteiger partial charge in [-0.05, 0) is 13.8 Å². The van der Waals surface area contributed by atoms with Crippen molar-refractivity contribution in [1.82, 2.24) is 0 Å². The van der Waals surface area contributed by atoms with Crippen molar-refractivity contribution in [3.8, 4) is 0 Å². The number of rotatable bonds is 2. The topological polar surface area (TPSA) is 68.2 Å². The highest BCUT2D eigenvalue weighted by molar-refractivity contribution is 4.97. The van der Waals surface area contributed by atoms with Gasteiger partial charge in [-0.3, -0.25) is 0 Å². The van der Waals surface area contributed by atoms with Gasteiger partial charge in [0.05, 0.1) is 6.61 Å². The van der Waals surface area contributed by atoms with E-state index in [9.17, 15) is 9.50 Å². The van der Waals surface area contributed by atoms with Crippen LogP contribution in [0.5, 0.6) is 0 Å². The summed E-state index contributed by atoms with van der Waals surface area (Å²) in [6.45, 7) is 2.84. The van der Waals surface area contributed by atoms with Crippen molar-refractivity contribution in [2.24, 2.45) is 0 Å². The molecular weight excluding hydrogens is 207 g/mol. The summed E-state index contributed by atoms with van der Waals surface area (Å²) in [7, 11) is 0. The molecule has 88 valence electrons. The predicted octanol–water partition coefficient (Wildman–Crippen LogP) is -0.446. The van der Waals surface area contributed by atoms with Crippen LogP contribution < -0.4 is 0 Å². The molecule has 0 saturated carbocycles. The zero-order chi connectivity index (χ0) is 11.2. The highest BCUT2D eigenvalue weighted by atomic mass is 19.1. The average Bonchev–Trinajstić information content (AvgIpc) is 2.61. The molecule has 2 saturated heterocycles. The lowest BCUT2D eigenvalue weighted by Crippen LogP contribution is -2.40. The van der Waals surface area contributed by atoms with E-state index in [1.807, 2.05) is 0 Å². The third kappa shape index (κ3) is 1.88. The fourth-order valence-electron chi connectivity index (χ4n) is 1.99. The Bertz CT molecular complexity index is 247. The fourth-order valence-corrected chi connectivity index (χ4v) is 1.99. The van der Waals surface area contributed by atoms with Crippen LogP contribution in [0, 0.1) is 0 Å². The van der Waals surface area contributed by atoms with E-state index in [1.165, 1.54) is 0 Å². The van der Waals surface area contributed by atoms with Crippen LogP contribution in [0.3, 0.4) is 0 Å². The molecule has 0 unspecified atom stereocenters. The number of aliphatic hydroxyl groups excluding tert-OH is 2. The fraction of sp³-hybridized carbons (Fsp3) is 1.00. The standard InChI is InChI=1S/C9H15FO5/c1-9(2)14-6-5(4(12)3-11)13-8(10)7(6)15-9/h4-8,11-12H,3H2,1-2H3/t4-,5-,6+,7+,8+/m1/s1. The Hall–Kier alpha value is -0.270. The maximum atomic E-state index is 13.3. The van der Waals surface area contributed by atoms with E-state index in [0.717, 1.165) is 0 Å². The summed E-state index contributed by atoms with van der Waals surface area (Å²) in [6, 6.07) is 0. The first kappa shape index (κ1) is 11.2. The SMILES string of the molecule is CC1(C)O[C@H]2[C@@H]([C@H](O)CO)O[C@H](F)[C@H]2O1. The molecule has 0 aliphatic carbocycles. The molecule has 0 aromatic carbocycles. The monoisotopic (exact) mass is 222 g/mol. The molecule has 0 radical (unpaired) electrons. The summed E-state index contributed by atoms with van der Waals surface area (Å²) in [5, 5.41) is 18.2. The summed E-state index contributed by atoms with van der Waals surface area (Å²) >= 11 is 0. The largest absolute Gasteiger partial charge is 0.394 e. The molecule has 0 aromatic heterocycles. The second-order valence-corrected chi connectivity index (χ2v) is 4.27. The number of alkyl halides is 1. The van der Waals surface area contributed by atoms with Gasteiger partial charge in [0.1, 0.15) is 24.4 Å². The van der Waals surface area contributed by atoms with E-state index in [1.54, 1.807) is 13.8 Å². The molecule has 2 N–H and O–H groups in total. The Morgan fingerprint density at radius 1 is 1.33 bits per heavy atom. The maximum absolute atomic E-state index is 13.3. The maximum Gasteiger partial charge on any atom is 0.228 e. The second kappa shape index (κ2) is 3.64. The van der Waals surface area contributed by atoms with Crippen LogP contribution in [0.4, 0.5) is 4.39 Å². The first-order valence-corrected chi connectivity index (χ1v) is 4.89. The van der Waals surface area contributed by atoms with E-state index in [-0.39, 0.29) is 0 Å². The van der Waals surface area contributed by atoms with Crippen molar-refractivity contribution in [3.05, 3.63) is 0 Å². The van der Waals surface area contributed by atoms with E-state index in [2.05, 4.69) is 0 Å². The van der Waals surface area contributed by atoms with Gasteiger partial charge in [0, 0.05) is 0 Å². The molecule has 6 heteroatoms. The van der Waals surface area contributed by atoms with E-state index < -0.39 is 43.2 Å². The lowest BCUT2D eigenvalue weighted by Gasteiger charge is -2.24. The summed E-state index contributed by atoms with van der Waals surface area (Å²) in [6.07, 6.45) is -5.15. The molecule has 0 bridgehead atoms. The normalized spacial score (nSPS) is 45.4. The summed E-state index contributed by atoms with van der Waals surface area (Å²) < 4.78 is 28.9. The minimum absolute atomic E-state index is 0.496. The van der Waals surface area contributed by atoms with Crippen LogP contribution in [0.25, 0.3) is 0 Å². The Balaban J connectivity index is 2.12. The van der Waals surface area contributed by atoms with E-state index in [4.69, 9.17) is 19.3 Å². The predicted molar refractivity (Wildman–Crippen MR) is 46.7 cm³/mol. The quantitative estimate of drug-likeness (QED) is 0.662. The molecule has 15 heavy (non-hydrogen) atoms. The van der Waals surface area contributed by atoms with Crippen LogP contribution in [0.2, 0.25) is 0 Å². The van der Waals surface area contributed by atoms with Crippen molar-refractivity contribution < 1.29 is 28.8 Å². The highest BCUT2D eigenvalue weighted by Crippen LogP contribution is 2.39. The van der Waals surface area contributed by atoms with Gasteiger partial charge in [-0.1, -0.05) is 0 Å². The van der Waals surface area contributed by atoms with Crippen LogP contribution in [0.15, 0.2) is 0 Å². The molecule has 2 fully saturated rings. The van der Waals surface area contributed by atoms with Crippen molar-refractivity contribution in [1.29, 1.82) is 0 Å². The average molecular weight is 222 g/mol. The Morgan fingerprint density at radius 3 is 2.53 bits per heavy atom. The van der Waals surface area contributed by atoms with Crippen molar-refractivity contribution >= 4 is 0 Å². The molecule has 0 amide bonds. The van der Waals surface area contributed by atoms with Crippen LogP contribution in [0.1, 0.15) is 13.8 Å². The molecule has 2 aliphatic rings. The van der Waals surface area contributed by atoms with Crippen LogP contribution >= 0.6 is 0 Å². The number of ether oxygens (including phenoxy) is 3. The van der Waals surface area contributed by atoms with Gasteiger partial charge >= 0.3 is 0 Å². The van der Waals surface area contributed by atoms with Gasteiger partial charge in [-0.25, -0.2) is 4.39 Å². The van der Waals surface area contributed by atoms with Crippen molar-refractivity contribution in [3.63, 3.8) is 0 Å². The number of aliphatic hydroxyl groups is 2. The van der Waals surface area contributed by atoms with Gasteiger partial charge in [0.25, 0.3) is 0 Å². The number of fused-ring (bicyclic) bond motifs is 1. The third-order valence-electron chi connectivity index (χ3n) is 2.60. The molecular formula is C9H15FO5. The first-order valence-electron chi connectivity index (χ1n) is 4.89. The van der Waals surface area contributed by atoms with E-state index in [0.29, 0.717) is 0 Å². The Labute approximate surface area is 86.7 Å². The number of halogens is 1. The lowest BCUT2D eigenvalue weighted by atomic mass is 10.1. The third-order valence-corrected chi connectivity index (χ3v) is 2.60. The molecule has 5 atom stereocenters. The van der Waals surface area contributed by atoms with Gasteiger partial charge in [-0.15, -0.1) is 0 Å². The molecule has 2 aliphatic heterocycles. The highest BCUT2D eigenvalue weighted by Gasteiger charge is 2.57. The van der Waals surface area contributed by atoms with Gasteiger partial charge < -0.3 is 24.4 Å². The summed E-state index contributed by atoms with van der Waals surface area (Å²) in [5.74, 6) is -0.878. The lowest BCUT2D eigenvalue weighted by molar-refractivity contribution is -0.216. The molecule has 5 nitrogen and oxygen atoms in total. The Kier molecular flexibility index (Phi) is 2.72. The summed E-state index contributed by atoms with van der Waals surface area (Å²) in [5.41, 5.74) is 0. The minimum atomic E-state index is -1.62. The summed E-state index contributed by atoms with van der Waals surface area (Å²) in [4.78, 5) is 0. The minimum Gasteiger partial charge on any atom is -0.394 e. The van der Waals surface area contributed by atoms with Crippen molar-refractivity contribution in [2.45, 2.75) is 50.4 Å². The molecule has 0 aromatic rings. The Morgan fingerprint density at radius 2 is 1.93 bits per heavy atom. The van der Waals surface area contributed by atoms with Crippen LogP contribution in [-0.4, -0.2) is 53.4 Å². The molecule has 2 heterocycles. The van der Waals surface area contributed by atoms with E-state index >= 15 is 0 Å². The van der Waals surface area contributed by atoms with Crippen molar-refractivity contribution in [2.75, 3.05) is 6.61 Å². The smallest absolute Gasteiger partial charge is 0.228 e. The van der Waals surface area contributed by atoms with Gasteiger partial charge in [-0.2, -0.15) is 0 Å². The van der Waals surface area contributed by atoms with Crippen LogP contribution in [-0.2, 0) is 14.2 Å². The van der Waals surface area contributed by atoms with Gasteiger partial charge in [0.15, 0.2) is 5.79 Å². The zero-order valence-corrected chi connectivity index (χ0v) is 8.59.